The zero-order valence-corrected chi connectivity index (χ0v) is 75.8. The van der Waals surface area contributed by atoms with Crippen molar-refractivity contribution in [3.05, 3.63) is 107 Å². The molecule has 702 valence electrons. The van der Waals surface area contributed by atoms with Crippen LogP contribution in [0, 0.1) is 35.5 Å². The van der Waals surface area contributed by atoms with Gasteiger partial charge in [-0.05, 0) is 155 Å². The van der Waals surface area contributed by atoms with Crippen LogP contribution in [0.4, 0.5) is 11.8 Å². The predicted octanol–water partition coefficient (Wildman–Crippen LogP) is 9.57. The number of nitrogens with zero attached hydrogens (tertiary/aromatic N) is 7. The molecule has 3 fully saturated rings. The van der Waals surface area contributed by atoms with Crippen LogP contribution in [0.5, 0.6) is 0 Å². The smallest absolute Gasteiger partial charge is 0.329 e. The topological polar surface area (TPSA) is 420 Å². The van der Waals surface area contributed by atoms with Crippen LogP contribution in [0.2, 0.25) is 0 Å². The van der Waals surface area contributed by atoms with Crippen LogP contribution >= 0.6 is 0 Å². The van der Waals surface area contributed by atoms with E-state index in [2.05, 4.69) is 33.2 Å². The third-order valence-electron chi connectivity index (χ3n) is 24.9. The molecule has 10 rings (SSSR count). The van der Waals surface area contributed by atoms with Gasteiger partial charge >= 0.3 is 11.9 Å². The van der Waals surface area contributed by atoms with Gasteiger partial charge in [-0.2, -0.15) is 10.1 Å². The number of piperidine rings is 1. The second-order valence-corrected chi connectivity index (χ2v) is 34.4. The van der Waals surface area contributed by atoms with E-state index in [-0.39, 0.29) is 88.0 Å². The first kappa shape index (κ1) is 101. The molecule has 0 unspecified atom stereocenters. The van der Waals surface area contributed by atoms with Gasteiger partial charge in [0, 0.05) is 90.2 Å². The lowest BCUT2D eigenvalue weighted by molar-refractivity contribution is -0.265. The number of anilines is 2. The lowest BCUT2D eigenvalue weighted by Crippen LogP contribution is -2.61. The number of allylic oxidation sites excluding steroid dienone is 5. The number of benzene rings is 2. The number of fused-ring (bicyclic) bond motifs is 6. The molecule has 2 amide bonds. The number of methoxy groups -OCH3 is 3. The van der Waals surface area contributed by atoms with Gasteiger partial charge in [0.15, 0.2) is 17.0 Å². The molecule has 3 aromatic heterocycles. The van der Waals surface area contributed by atoms with Crippen molar-refractivity contribution >= 4 is 69.3 Å². The number of carbonyl (C=O) groups excluding carboxylic acids is 6. The zero-order chi connectivity index (χ0) is 90.9. The molecule has 0 radical (unpaired) electrons. The van der Waals surface area contributed by atoms with E-state index in [0.29, 0.717) is 209 Å². The quantitative estimate of drug-likeness (QED) is 0.0106. The fraction of sp³-hybridized carbons (Fsp3) is 0.660. The average Bonchev–Trinajstić information content (AvgIpc) is 1.14. The maximum absolute atomic E-state index is 15.1. The molecule has 7 heterocycles. The van der Waals surface area contributed by atoms with Gasteiger partial charge in [0.1, 0.15) is 53.8 Å². The number of aliphatic hydroxyl groups excluding tert-OH is 2. The van der Waals surface area contributed by atoms with Gasteiger partial charge in [0.25, 0.3) is 17.7 Å². The molecule has 5 aromatic rings. The lowest BCUT2D eigenvalue weighted by Gasteiger charge is -2.43. The van der Waals surface area contributed by atoms with Crippen LogP contribution in [-0.2, 0) is 115 Å². The van der Waals surface area contributed by atoms with Crippen molar-refractivity contribution < 1.29 is 115 Å². The number of amides is 2. The fourth-order valence-electron chi connectivity index (χ4n) is 17.4. The Morgan fingerprint density at radius 1 is 0.685 bits per heavy atom. The van der Waals surface area contributed by atoms with Gasteiger partial charge in [-0.15, -0.1) is 0 Å². The molecule has 33 heteroatoms. The third-order valence-corrected chi connectivity index (χ3v) is 24.9. The Morgan fingerprint density at radius 2 is 1.36 bits per heavy atom. The Bertz CT molecular complexity index is 4460. The van der Waals surface area contributed by atoms with E-state index in [9.17, 15) is 39.3 Å². The highest BCUT2D eigenvalue weighted by molar-refractivity contribution is 6.39. The number of carbonyl (C=O) groups is 6. The van der Waals surface area contributed by atoms with Crippen molar-refractivity contribution in [2.24, 2.45) is 35.5 Å². The van der Waals surface area contributed by atoms with Gasteiger partial charge in [-0.25, -0.2) is 19.4 Å². The summed E-state index contributed by atoms with van der Waals surface area (Å²) in [6, 6.07) is 10.7. The first-order valence-corrected chi connectivity index (χ1v) is 45.2. The highest BCUT2D eigenvalue weighted by atomic mass is 16.6. The second kappa shape index (κ2) is 51.3. The van der Waals surface area contributed by atoms with Crippen LogP contribution in [-0.4, -0.2) is 286 Å². The van der Waals surface area contributed by atoms with Crippen molar-refractivity contribution in [2.75, 3.05) is 152 Å². The Labute approximate surface area is 745 Å². The van der Waals surface area contributed by atoms with E-state index in [0.717, 1.165) is 28.7 Å². The average molecular weight is 1780 g/mol. The van der Waals surface area contributed by atoms with Crippen LogP contribution in [0.25, 0.3) is 33.4 Å². The third kappa shape index (κ3) is 29.6. The normalized spacial score (nSPS) is 27.6. The molecule has 7 N–H and O–H groups in total. The molecule has 2 saturated heterocycles. The van der Waals surface area contributed by atoms with Crippen LogP contribution < -0.4 is 11.5 Å². The van der Waals surface area contributed by atoms with Crippen molar-refractivity contribution in [1.82, 2.24) is 34.5 Å². The number of aromatic nitrogens is 5. The van der Waals surface area contributed by atoms with E-state index >= 15 is 4.79 Å². The minimum absolute atomic E-state index is 0.0290. The van der Waals surface area contributed by atoms with E-state index in [1.165, 1.54) is 23.9 Å². The Balaban J connectivity index is 0.603. The van der Waals surface area contributed by atoms with E-state index in [4.69, 9.17) is 87.3 Å². The molecule has 16 atom stereocenters. The molecular formula is C94H137N9O24. The maximum Gasteiger partial charge on any atom is 0.329 e. The summed E-state index contributed by atoms with van der Waals surface area (Å²) in [5.41, 5.74) is 19.9. The molecule has 1 saturated carbocycles. The summed E-state index contributed by atoms with van der Waals surface area (Å²) in [6.45, 7) is 20.0. The van der Waals surface area contributed by atoms with Gasteiger partial charge in [-0.1, -0.05) is 89.3 Å². The molecule has 1 aliphatic carbocycles. The molecule has 33 nitrogen and oxygen atoms in total. The lowest BCUT2D eigenvalue weighted by atomic mass is 9.78. The minimum atomic E-state index is -2.49. The summed E-state index contributed by atoms with van der Waals surface area (Å²) in [4.78, 5) is 102. The Hall–Kier alpha value is -8.36. The number of Topliss-reactive ketones (excluding diaryl/α,β-unsaturated/α-hetero) is 2. The summed E-state index contributed by atoms with van der Waals surface area (Å²) in [5, 5.41) is 40.6. The molecule has 0 spiro atoms. The number of cyclic esters (lactones) is 1. The summed E-state index contributed by atoms with van der Waals surface area (Å²) in [7, 11) is 4.52. The number of hydrogen-bond donors (Lipinski definition) is 5. The maximum atomic E-state index is 15.1. The number of ether oxygens (including phenoxy) is 14. The van der Waals surface area contributed by atoms with Gasteiger partial charge in [0.05, 0.1) is 142 Å². The van der Waals surface area contributed by atoms with Crippen molar-refractivity contribution in [1.29, 1.82) is 0 Å². The Morgan fingerprint density at radius 3 is 2.03 bits per heavy atom. The zero-order valence-electron chi connectivity index (χ0n) is 75.8. The predicted molar refractivity (Wildman–Crippen MR) is 472 cm³/mol. The molecule has 2 bridgehead atoms. The standard InChI is InChI=1S/C94H137N9O24/c1-60-17-12-11-13-18-61(2)77(113-8)55-72-26-21-66(7)94(112,127-72)88(109)91(110)102-31-15-14-19-74(102)92(111)125-79(63(4)51-67-23-27-75(104)80(53-67)114-9)56-78(62(3)50-65(6)86(108)87(115-10)85(107)64(5)49-60)124-82(106)20-16-33-116-35-37-118-39-41-120-43-45-122-47-48-123-46-44-121-42-40-119-38-36-117-34-30-81(105)101-32-29-69-52-68(22-24-71(69)58-101)57-103-90-83(89(95)97-59-98-90)84(100-103)70-25-28-76-73(54-70)99-93(96)126-76/h11-13,17-18,22,24-25,28,50,52,54,59-60,62-64,66-67,72,74-75,77-80,86-87,104,108,112H,14-16,19-21,23,26-27,29-49,51,53,55-58H2,1-10H3,(H2,96,99)(H2,95,97,98)/b13-11+,17-12+,61-18+,65-50+/t60-,62-,63-,64-,66-,67+,72+,74+,75-,77+,78-,79+,80-,86-,87+,94-/m1/s1. The van der Waals surface area contributed by atoms with Gasteiger partial charge in [-0.3, -0.25) is 24.0 Å². The van der Waals surface area contributed by atoms with Crippen molar-refractivity contribution in [3.63, 3.8) is 0 Å². The highest BCUT2D eigenvalue weighted by Crippen LogP contribution is 2.40. The van der Waals surface area contributed by atoms with Gasteiger partial charge < -0.3 is 107 Å². The molecule has 2 aromatic carbocycles. The van der Waals surface area contributed by atoms with Crippen molar-refractivity contribution in [3.8, 4) is 11.3 Å². The summed E-state index contributed by atoms with van der Waals surface area (Å²) in [6.07, 6.45) is 12.3. The number of hydrogen-bond acceptors (Lipinski definition) is 30. The number of esters is 2. The number of nitrogen functional groups attached to an aromatic ring is 2. The van der Waals surface area contributed by atoms with Gasteiger partial charge in [0.2, 0.25) is 11.7 Å². The fourth-order valence-corrected chi connectivity index (χ4v) is 17.4. The number of oxazole rings is 1. The van der Waals surface area contributed by atoms with E-state index in [1.54, 1.807) is 40.2 Å². The second-order valence-electron chi connectivity index (χ2n) is 34.4. The van der Waals surface area contributed by atoms with Crippen LogP contribution in [0.1, 0.15) is 161 Å². The van der Waals surface area contributed by atoms with Crippen molar-refractivity contribution in [2.45, 2.75) is 225 Å². The number of ketones is 2. The van der Waals surface area contributed by atoms with E-state index < -0.39 is 108 Å². The first-order valence-electron chi connectivity index (χ1n) is 45.2. The molecular weight excluding hydrogens is 1640 g/mol. The summed E-state index contributed by atoms with van der Waals surface area (Å²) in [5.74, 6) is -8.25. The number of nitrogens with two attached hydrogens (primary N) is 2. The molecule has 127 heavy (non-hydrogen) atoms. The van der Waals surface area contributed by atoms with Crippen LogP contribution in [0.15, 0.2) is 94.7 Å². The molecule has 4 aliphatic heterocycles. The SMILES string of the molecule is CO[C@H]1C[C@@H]2CC[C@@H](C)[C@@](O)(O2)C(=O)C(=O)N2CCCC[C@H]2C(=O)O[C@H]([C@H](C)C[C@@H]2CC[C@@H](O)[C@H](OC)C2)C[C@@H](OC(=O)CCCOCCOCCOCCOCCOCCOCCOCCOCCC(=O)N2CCc3cc(Cn4nc(-c5ccc6oc(N)nc6c5)c5c(N)ncnc54)ccc3C2)[C@H](C)/C=C(\C)[C@@H](O)[C@@H](OC)C(=O)[C@H](C)C[C@H](C)/C=C/C=C/C=C/1C. The Kier molecular flexibility index (Phi) is 40.7. The largest absolute Gasteiger partial charge is 0.462 e. The highest BCUT2D eigenvalue weighted by Gasteiger charge is 2.53. The molecule has 5 aliphatic rings. The minimum Gasteiger partial charge on any atom is -0.462 e. The monoisotopic (exact) mass is 1780 g/mol. The number of rotatable bonds is 38. The van der Waals surface area contributed by atoms with E-state index in [1.807, 2.05) is 86.7 Å². The van der Waals surface area contributed by atoms with Crippen LogP contribution in [0.3, 0.4) is 0 Å². The number of aliphatic hydroxyl groups is 3. The summed E-state index contributed by atoms with van der Waals surface area (Å²) >= 11 is 0. The first-order chi connectivity index (χ1) is 61.3. The summed E-state index contributed by atoms with van der Waals surface area (Å²) < 4.78 is 89.5.